The Morgan fingerprint density at radius 3 is 2.79 bits per heavy atom. The van der Waals surface area contributed by atoms with Gasteiger partial charge in [0, 0.05) is 23.3 Å². The lowest BCUT2D eigenvalue weighted by molar-refractivity contribution is 0.102. The number of amides is 1. The lowest BCUT2D eigenvalue weighted by atomic mass is 10.1. The predicted molar refractivity (Wildman–Crippen MR) is 111 cm³/mol. The first-order chi connectivity index (χ1) is 13.6. The van der Waals surface area contributed by atoms with Crippen LogP contribution in [0.3, 0.4) is 0 Å². The van der Waals surface area contributed by atoms with Crippen molar-refractivity contribution in [1.82, 2.24) is 9.97 Å². The summed E-state index contributed by atoms with van der Waals surface area (Å²) in [4.78, 5) is 20.8. The molecule has 0 saturated heterocycles. The molecule has 7 heteroatoms. The van der Waals surface area contributed by atoms with Crippen molar-refractivity contribution >= 4 is 29.0 Å². The van der Waals surface area contributed by atoms with Gasteiger partial charge in [0.2, 0.25) is 0 Å². The highest BCUT2D eigenvalue weighted by Gasteiger charge is 2.11. The molecule has 0 aliphatic heterocycles. The first-order valence-electron chi connectivity index (χ1n) is 8.82. The van der Waals surface area contributed by atoms with Gasteiger partial charge >= 0.3 is 0 Å². The van der Waals surface area contributed by atoms with Crippen molar-refractivity contribution in [3.05, 3.63) is 76.7 Å². The summed E-state index contributed by atoms with van der Waals surface area (Å²) in [5, 5.41) is 6.65. The molecule has 0 bridgehead atoms. The Bertz CT molecular complexity index is 978. The fourth-order valence-electron chi connectivity index (χ4n) is 2.67. The van der Waals surface area contributed by atoms with Gasteiger partial charge in [-0.3, -0.25) is 4.79 Å². The Kier molecular flexibility index (Phi) is 6.45. The minimum Gasteiger partial charge on any atom is -0.497 e. The maximum absolute atomic E-state index is 12.5. The standard InChI is InChI=1S/C21H21ClN4O2/c1-14-17(22)7-4-8-18(14)26-21(27)19-12-20(25-13-24-19)23-10-9-15-5-3-6-16(11-15)28-2/h3-8,11-13H,9-10H2,1-2H3,(H,26,27)(H,23,24,25). The molecule has 0 aliphatic carbocycles. The number of hydrogen-bond acceptors (Lipinski definition) is 5. The van der Waals surface area contributed by atoms with E-state index in [1.165, 1.54) is 6.33 Å². The second-order valence-electron chi connectivity index (χ2n) is 6.18. The van der Waals surface area contributed by atoms with Crippen LogP contribution in [0.4, 0.5) is 11.5 Å². The number of benzene rings is 2. The summed E-state index contributed by atoms with van der Waals surface area (Å²) in [6, 6.07) is 14.9. The molecular formula is C21H21ClN4O2. The second-order valence-corrected chi connectivity index (χ2v) is 6.59. The minimum absolute atomic E-state index is 0.276. The molecule has 3 rings (SSSR count). The average Bonchev–Trinajstić information content (AvgIpc) is 2.72. The molecule has 144 valence electrons. The highest BCUT2D eigenvalue weighted by molar-refractivity contribution is 6.31. The Labute approximate surface area is 168 Å². The highest BCUT2D eigenvalue weighted by atomic mass is 35.5. The lowest BCUT2D eigenvalue weighted by Crippen LogP contribution is -2.16. The number of ether oxygens (including phenoxy) is 1. The van der Waals surface area contributed by atoms with Crippen molar-refractivity contribution < 1.29 is 9.53 Å². The fourth-order valence-corrected chi connectivity index (χ4v) is 2.84. The third-order valence-corrected chi connectivity index (χ3v) is 4.68. The van der Waals surface area contributed by atoms with Crippen LogP contribution in [0, 0.1) is 6.92 Å². The number of methoxy groups -OCH3 is 1. The number of rotatable bonds is 7. The van der Waals surface area contributed by atoms with Crippen LogP contribution in [-0.4, -0.2) is 29.5 Å². The van der Waals surface area contributed by atoms with Crippen LogP contribution in [0.15, 0.2) is 54.9 Å². The molecule has 6 nitrogen and oxygen atoms in total. The zero-order valence-corrected chi connectivity index (χ0v) is 16.5. The SMILES string of the molecule is COc1cccc(CCNc2cc(C(=O)Nc3cccc(Cl)c3C)ncn2)c1. The van der Waals surface area contributed by atoms with Gasteiger partial charge in [0.05, 0.1) is 7.11 Å². The molecule has 0 saturated carbocycles. The Hall–Kier alpha value is -3.12. The first kappa shape index (κ1) is 19.6. The minimum atomic E-state index is -0.316. The fraction of sp³-hybridized carbons (Fsp3) is 0.190. The molecule has 2 N–H and O–H groups in total. The number of hydrogen-bond donors (Lipinski definition) is 2. The van der Waals surface area contributed by atoms with Gasteiger partial charge < -0.3 is 15.4 Å². The van der Waals surface area contributed by atoms with Crippen LogP contribution in [0.5, 0.6) is 5.75 Å². The van der Waals surface area contributed by atoms with E-state index < -0.39 is 0 Å². The Balaban J connectivity index is 1.61. The molecule has 1 heterocycles. The van der Waals surface area contributed by atoms with Crippen LogP contribution in [-0.2, 0) is 6.42 Å². The molecule has 1 amide bonds. The van der Waals surface area contributed by atoms with Crippen LogP contribution >= 0.6 is 11.6 Å². The van der Waals surface area contributed by atoms with E-state index in [-0.39, 0.29) is 11.6 Å². The maximum Gasteiger partial charge on any atom is 0.274 e. The van der Waals surface area contributed by atoms with Crippen LogP contribution < -0.4 is 15.4 Å². The summed E-state index contributed by atoms with van der Waals surface area (Å²) in [7, 11) is 1.65. The molecule has 0 unspecified atom stereocenters. The van der Waals surface area contributed by atoms with Crippen molar-refractivity contribution in [2.45, 2.75) is 13.3 Å². The molecule has 0 aliphatic rings. The molecular weight excluding hydrogens is 376 g/mol. The summed E-state index contributed by atoms with van der Waals surface area (Å²) in [5.41, 5.74) is 2.89. The van der Waals surface area contributed by atoms with E-state index in [2.05, 4.69) is 20.6 Å². The van der Waals surface area contributed by atoms with Gasteiger partial charge in [0.1, 0.15) is 23.6 Å². The third-order valence-electron chi connectivity index (χ3n) is 4.27. The molecule has 1 aromatic heterocycles. The van der Waals surface area contributed by atoms with E-state index in [1.54, 1.807) is 31.4 Å². The number of nitrogens with zero attached hydrogens (tertiary/aromatic N) is 2. The third kappa shape index (κ3) is 4.98. The molecule has 0 radical (unpaired) electrons. The number of carbonyl (C=O) groups is 1. The first-order valence-corrected chi connectivity index (χ1v) is 9.20. The van der Waals surface area contributed by atoms with Crippen molar-refractivity contribution in [1.29, 1.82) is 0 Å². The van der Waals surface area contributed by atoms with Crippen molar-refractivity contribution in [2.24, 2.45) is 0 Å². The molecule has 0 spiro atoms. The van der Waals surface area contributed by atoms with E-state index in [0.29, 0.717) is 23.1 Å². The number of anilines is 2. The summed E-state index contributed by atoms with van der Waals surface area (Å²) in [6.45, 7) is 2.52. The second kappa shape index (κ2) is 9.19. The van der Waals surface area contributed by atoms with E-state index in [4.69, 9.17) is 16.3 Å². The Morgan fingerprint density at radius 2 is 1.96 bits per heavy atom. The number of halogens is 1. The van der Waals surface area contributed by atoms with Gasteiger partial charge in [-0.05, 0) is 48.7 Å². The molecule has 0 fully saturated rings. The van der Waals surface area contributed by atoms with E-state index in [0.717, 1.165) is 23.3 Å². The van der Waals surface area contributed by atoms with E-state index in [9.17, 15) is 4.79 Å². The normalized spacial score (nSPS) is 10.4. The quantitative estimate of drug-likeness (QED) is 0.620. The molecule has 28 heavy (non-hydrogen) atoms. The number of nitrogens with one attached hydrogen (secondary N) is 2. The van der Waals surface area contributed by atoms with Crippen LogP contribution in [0.2, 0.25) is 5.02 Å². The molecule has 3 aromatic rings. The zero-order chi connectivity index (χ0) is 19.9. The topological polar surface area (TPSA) is 76.1 Å². The molecule has 2 aromatic carbocycles. The van der Waals surface area contributed by atoms with Gasteiger partial charge in [-0.25, -0.2) is 9.97 Å². The smallest absolute Gasteiger partial charge is 0.274 e. The predicted octanol–water partition coefficient (Wildman–Crippen LogP) is 4.35. The lowest BCUT2D eigenvalue weighted by Gasteiger charge is -2.10. The van der Waals surface area contributed by atoms with Crippen LogP contribution in [0.1, 0.15) is 21.6 Å². The average molecular weight is 397 g/mol. The highest BCUT2D eigenvalue weighted by Crippen LogP contribution is 2.23. The summed E-state index contributed by atoms with van der Waals surface area (Å²) < 4.78 is 5.23. The summed E-state index contributed by atoms with van der Waals surface area (Å²) in [6.07, 6.45) is 2.16. The number of carbonyl (C=O) groups excluding carboxylic acids is 1. The van der Waals surface area contributed by atoms with Crippen molar-refractivity contribution in [3.8, 4) is 5.75 Å². The Morgan fingerprint density at radius 1 is 1.14 bits per heavy atom. The summed E-state index contributed by atoms with van der Waals surface area (Å²) in [5.74, 6) is 1.10. The van der Waals surface area contributed by atoms with Gasteiger partial charge in [0.15, 0.2) is 0 Å². The van der Waals surface area contributed by atoms with Crippen molar-refractivity contribution in [2.75, 3.05) is 24.3 Å². The van der Waals surface area contributed by atoms with Crippen molar-refractivity contribution in [3.63, 3.8) is 0 Å². The van der Waals surface area contributed by atoms with E-state index in [1.807, 2.05) is 31.2 Å². The van der Waals surface area contributed by atoms with Gasteiger partial charge in [-0.15, -0.1) is 0 Å². The maximum atomic E-state index is 12.5. The zero-order valence-electron chi connectivity index (χ0n) is 15.7. The monoisotopic (exact) mass is 396 g/mol. The van der Waals surface area contributed by atoms with Gasteiger partial charge in [-0.1, -0.05) is 29.8 Å². The largest absolute Gasteiger partial charge is 0.497 e. The van der Waals surface area contributed by atoms with Crippen LogP contribution in [0.25, 0.3) is 0 Å². The van der Waals surface area contributed by atoms with Gasteiger partial charge in [-0.2, -0.15) is 0 Å². The van der Waals surface area contributed by atoms with Gasteiger partial charge in [0.25, 0.3) is 5.91 Å². The molecule has 0 atom stereocenters. The summed E-state index contributed by atoms with van der Waals surface area (Å²) >= 11 is 6.10. The number of aromatic nitrogens is 2. The van der Waals surface area contributed by atoms with E-state index >= 15 is 0 Å².